The molecule has 0 spiro atoms. The molecule has 3 aromatic rings. The number of anilines is 1. The minimum Gasteiger partial charge on any atom is -0.368 e. The predicted molar refractivity (Wildman–Crippen MR) is 119 cm³/mol. The molecule has 1 saturated heterocycles. The van der Waals surface area contributed by atoms with Crippen LogP contribution in [0.25, 0.3) is 10.4 Å². The summed E-state index contributed by atoms with van der Waals surface area (Å²) in [5.74, 6) is 0.205. The van der Waals surface area contributed by atoms with Crippen LogP contribution in [0.2, 0.25) is 0 Å². The Labute approximate surface area is 174 Å². The highest BCUT2D eigenvalue weighted by molar-refractivity contribution is 7.18. The number of thiophene rings is 2. The Bertz CT molecular complexity index is 1040. The number of carbonyl (C=O) groups excluding carboxylic acids is 1. The number of amides is 1. The van der Waals surface area contributed by atoms with Crippen molar-refractivity contribution in [2.24, 2.45) is 0 Å². The van der Waals surface area contributed by atoms with Gasteiger partial charge in [0.25, 0.3) is 5.91 Å². The monoisotopic (exact) mass is 408 g/mol. The Morgan fingerprint density at radius 3 is 2.68 bits per heavy atom. The topological polar surface area (TPSA) is 23.6 Å². The first-order valence-corrected chi connectivity index (χ1v) is 11.6. The number of piperazine rings is 1. The SMILES string of the molecule is Cc1cccc(N2CCN(C(=O)c3cc4c(s3)-c3ccsc3CC4)CC2)c1C. The fraction of sp³-hybridized carbons (Fsp3) is 0.348. The van der Waals surface area contributed by atoms with Gasteiger partial charge in [-0.1, -0.05) is 12.1 Å². The van der Waals surface area contributed by atoms with Gasteiger partial charge in [0.2, 0.25) is 0 Å². The molecule has 5 rings (SSSR count). The molecule has 28 heavy (non-hydrogen) atoms. The normalized spacial score (nSPS) is 16.1. The van der Waals surface area contributed by atoms with Crippen molar-refractivity contribution >= 4 is 34.3 Å². The molecule has 1 aromatic carbocycles. The van der Waals surface area contributed by atoms with E-state index < -0.39 is 0 Å². The molecule has 5 heteroatoms. The third-order valence-electron chi connectivity index (χ3n) is 6.11. The summed E-state index contributed by atoms with van der Waals surface area (Å²) in [7, 11) is 0. The maximum absolute atomic E-state index is 13.2. The summed E-state index contributed by atoms with van der Waals surface area (Å²) >= 11 is 3.53. The minimum absolute atomic E-state index is 0.205. The fourth-order valence-electron chi connectivity index (χ4n) is 4.32. The van der Waals surface area contributed by atoms with Crippen LogP contribution < -0.4 is 4.90 Å². The van der Waals surface area contributed by atoms with Crippen LogP contribution >= 0.6 is 22.7 Å². The number of carbonyl (C=O) groups is 1. The third-order valence-corrected chi connectivity index (χ3v) is 8.29. The van der Waals surface area contributed by atoms with E-state index in [-0.39, 0.29) is 5.91 Å². The lowest BCUT2D eigenvalue weighted by Crippen LogP contribution is -2.48. The molecule has 0 atom stereocenters. The van der Waals surface area contributed by atoms with Gasteiger partial charge in [0.05, 0.1) is 4.88 Å². The van der Waals surface area contributed by atoms with Crippen LogP contribution in [0.1, 0.15) is 31.2 Å². The largest absolute Gasteiger partial charge is 0.368 e. The highest BCUT2D eigenvalue weighted by Crippen LogP contribution is 2.42. The minimum atomic E-state index is 0.205. The summed E-state index contributed by atoms with van der Waals surface area (Å²) in [6, 6.07) is 10.9. The van der Waals surface area contributed by atoms with Crippen molar-refractivity contribution in [3.8, 4) is 10.4 Å². The number of rotatable bonds is 2. The van der Waals surface area contributed by atoms with Crippen molar-refractivity contribution in [2.45, 2.75) is 26.7 Å². The maximum atomic E-state index is 13.2. The van der Waals surface area contributed by atoms with E-state index in [2.05, 4.69) is 54.5 Å². The first kappa shape index (κ1) is 18.0. The summed E-state index contributed by atoms with van der Waals surface area (Å²) in [6.07, 6.45) is 2.17. The van der Waals surface area contributed by atoms with Crippen LogP contribution in [0.4, 0.5) is 5.69 Å². The number of nitrogens with zero attached hydrogens (tertiary/aromatic N) is 2. The standard InChI is InChI=1S/C23H24N2OS2/c1-15-4-3-5-19(16(15)2)24-9-11-25(12-10-24)23(26)21-14-17-6-7-20-18(8-13-27-20)22(17)28-21/h3-5,8,13-14H,6-7,9-12H2,1-2H3. The van der Waals surface area contributed by atoms with Crippen LogP contribution in [0.3, 0.4) is 0 Å². The molecule has 1 fully saturated rings. The summed E-state index contributed by atoms with van der Waals surface area (Å²) < 4.78 is 0. The zero-order valence-electron chi connectivity index (χ0n) is 16.3. The van der Waals surface area contributed by atoms with E-state index in [9.17, 15) is 4.79 Å². The molecule has 2 aliphatic rings. The van der Waals surface area contributed by atoms with Crippen LogP contribution in [0.5, 0.6) is 0 Å². The molecule has 1 aliphatic carbocycles. The molecule has 144 valence electrons. The van der Waals surface area contributed by atoms with Crippen molar-refractivity contribution in [1.82, 2.24) is 4.90 Å². The number of aryl methyl sites for hydroxylation is 3. The quantitative estimate of drug-likeness (QED) is 0.585. The molecule has 1 amide bonds. The van der Waals surface area contributed by atoms with Crippen molar-refractivity contribution in [1.29, 1.82) is 0 Å². The van der Waals surface area contributed by atoms with E-state index in [0.29, 0.717) is 0 Å². The predicted octanol–water partition coefficient (Wildman–Crippen LogP) is 5.15. The molecule has 0 unspecified atom stereocenters. The van der Waals surface area contributed by atoms with E-state index in [4.69, 9.17) is 0 Å². The Kier molecular flexibility index (Phi) is 4.52. The molecule has 0 radical (unpaired) electrons. The molecule has 0 N–H and O–H groups in total. The second-order valence-electron chi connectivity index (χ2n) is 7.72. The molecular weight excluding hydrogens is 384 g/mol. The molecule has 0 saturated carbocycles. The third kappa shape index (κ3) is 2.97. The van der Waals surface area contributed by atoms with E-state index in [1.54, 1.807) is 11.3 Å². The molecule has 2 aromatic heterocycles. The molecule has 3 nitrogen and oxygen atoms in total. The Balaban J connectivity index is 1.31. The van der Waals surface area contributed by atoms with Crippen LogP contribution in [-0.2, 0) is 12.8 Å². The first-order chi connectivity index (χ1) is 13.6. The van der Waals surface area contributed by atoms with Crippen molar-refractivity contribution in [2.75, 3.05) is 31.1 Å². The van der Waals surface area contributed by atoms with Crippen LogP contribution in [-0.4, -0.2) is 37.0 Å². The van der Waals surface area contributed by atoms with E-state index in [0.717, 1.165) is 43.9 Å². The van der Waals surface area contributed by atoms with Gasteiger partial charge in [-0.05, 0) is 67.0 Å². The average molecular weight is 409 g/mol. The fourth-order valence-corrected chi connectivity index (χ4v) is 6.50. The van der Waals surface area contributed by atoms with Crippen molar-refractivity contribution in [3.05, 3.63) is 62.2 Å². The molecular formula is C23H24N2OS2. The van der Waals surface area contributed by atoms with Gasteiger partial charge in [0.15, 0.2) is 0 Å². The highest BCUT2D eigenvalue weighted by Gasteiger charge is 2.27. The summed E-state index contributed by atoms with van der Waals surface area (Å²) in [4.78, 5) is 21.3. The van der Waals surface area contributed by atoms with Gasteiger partial charge in [-0.25, -0.2) is 0 Å². The second-order valence-corrected chi connectivity index (χ2v) is 9.77. The zero-order valence-corrected chi connectivity index (χ0v) is 18.0. The Morgan fingerprint density at radius 2 is 1.86 bits per heavy atom. The van der Waals surface area contributed by atoms with Crippen molar-refractivity contribution in [3.63, 3.8) is 0 Å². The lowest BCUT2D eigenvalue weighted by molar-refractivity contribution is 0.0751. The Morgan fingerprint density at radius 1 is 1.04 bits per heavy atom. The van der Waals surface area contributed by atoms with E-state index in [1.807, 2.05) is 16.2 Å². The summed E-state index contributed by atoms with van der Waals surface area (Å²) in [6.45, 7) is 7.73. The number of fused-ring (bicyclic) bond motifs is 3. The van der Waals surface area contributed by atoms with Gasteiger partial charge in [0, 0.05) is 47.2 Å². The Hall–Kier alpha value is -2.11. The lowest BCUT2D eigenvalue weighted by Gasteiger charge is -2.37. The second kappa shape index (κ2) is 7.05. The molecule has 1 aliphatic heterocycles. The number of hydrogen-bond donors (Lipinski definition) is 0. The average Bonchev–Trinajstić information content (AvgIpc) is 3.36. The van der Waals surface area contributed by atoms with Gasteiger partial charge < -0.3 is 9.80 Å². The van der Waals surface area contributed by atoms with E-state index >= 15 is 0 Å². The summed E-state index contributed by atoms with van der Waals surface area (Å²) in [5, 5.41) is 2.17. The van der Waals surface area contributed by atoms with E-state index in [1.165, 1.54) is 37.7 Å². The lowest BCUT2D eigenvalue weighted by atomic mass is 9.98. The summed E-state index contributed by atoms with van der Waals surface area (Å²) in [5.41, 5.74) is 6.69. The van der Waals surface area contributed by atoms with Gasteiger partial charge >= 0.3 is 0 Å². The zero-order chi connectivity index (χ0) is 19.3. The maximum Gasteiger partial charge on any atom is 0.264 e. The van der Waals surface area contributed by atoms with Gasteiger partial charge in [-0.2, -0.15) is 0 Å². The van der Waals surface area contributed by atoms with Crippen LogP contribution in [0, 0.1) is 13.8 Å². The number of hydrogen-bond acceptors (Lipinski definition) is 4. The highest BCUT2D eigenvalue weighted by atomic mass is 32.1. The number of benzene rings is 1. The van der Waals surface area contributed by atoms with Gasteiger partial charge in [-0.15, -0.1) is 22.7 Å². The smallest absolute Gasteiger partial charge is 0.264 e. The van der Waals surface area contributed by atoms with Crippen LogP contribution in [0.15, 0.2) is 35.7 Å². The van der Waals surface area contributed by atoms with Gasteiger partial charge in [0.1, 0.15) is 0 Å². The van der Waals surface area contributed by atoms with Crippen molar-refractivity contribution < 1.29 is 4.79 Å². The molecule has 0 bridgehead atoms. The first-order valence-electron chi connectivity index (χ1n) is 9.91. The molecule has 3 heterocycles. The van der Waals surface area contributed by atoms with Gasteiger partial charge in [-0.3, -0.25) is 4.79 Å².